The Kier molecular flexibility index (Phi) is 4.29. The number of benzene rings is 2. The van der Waals surface area contributed by atoms with Crippen LogP contribution in [-0.4, -0.2) is 24.4 Å². The Hall–Kier alpha value is -2.80. The van der Waals surface area contributed by atoms with Crippen molar-refractivity contribution < 1.29 is 14.4 Å². The van der Waals surface area contributed by atoms with Crippen molar-refractivity contribution in [2.24, 2.45) is 5.10 Å². The molecule has 0 bridgehead atoms. The van der Waals surface area contributed by atoms with Crippen molar-refractivity contribution in [3.05, 3.63) is 57.1 Å². The fourth-order valence-electron chi connectivity index (χ4n) is 2.11. The van der Waals surface area contributed by atoms with Crippen LogP contribution < -0.4 is 14.9 Å². The van der Waals surface area contributed by atoms with Gasteiger partial charge < -0.3 is 9.47 Å². The molecule has 0 unspecified atom stereocenters. The number of nitrogens with one attached hydrogen (secondary N) is 1. The highest BCUT2D eigenvalue weighted by molar-refractivity contribution is 6.32. The lowest BCUT2D eigenvalue weighted by molar-refractivity contribution is -0.384. The zero-order chi connectivity index (χ0) is 16.2. The minimum atomic E-state index is -0.473. The number of anilines is 1. The van der Waals surface area contributed by atoms with Crippen LogP contribution in [0.1, 0.15) is 5.56 Å². The molecule has 2 aromatic carbocycles. The first-order chi connectivity index (χ1) is 11.1. The monoisotopic (exact) mass is 333 g/mol. The van der Waals surface area contributed by atoms with E-state index in [0.717, 1.165) is 0 Å². The van der Waals surface area contributed by atoms with Crippen molar-refractivity contribution in [1.82, 2.24) is 0 Å². The summed E-state index contributed by atoms with van der Waals surface area (Å²) in [7, 11) is 0. The van der Waals surface area contributed by atoms with E-state index in [9.17, 15) is 10.1 Å². The van der Waals surface area contributed by atoms with Gasteiger partial charge in [0, 0.05) is 6.07 Å². The number of nitrogens with zero attached hydrogens (tertiary/aromatic N) is 2. The van der Waals surface area contributed by atoms with Gasteiger partial charge in [-0.2, -0.15) is 5.10 Å². The first kappa shape index (κ1) is 15.1. The minimum absolute atomic E-state index is 0.0511. The number of halogens is 1. The van der Waals surface area contributed by atoms with Crippen molar-refractivity contribution in [3.8, 4) is 11.5 Å². The Morgan fingerprint density at radius 3 is 2.87 bits per heavy atom. The van der Waals surface area contributed by atoms with Crippen LogP contribution in [0, 0.1) is 10.1 Å². The van der Waals surface area contributed by atoms with E-state index in [1.165, 1.54) is 12.3 Å². The number of hydrogen-bond donors (Lipinski definition) is 1. The largest absolute Gasteiger partial charge is 0.486 e. The Balaban J connectivity index is 1.79. The molecule has 118 valence electrons. The molecule has 23 heavy (non-hydrogen) atoms. The van der Waals surface area contributed by atoms with Crippen LogP contribution in [0.25, 0.3) is 0 Å². The molecule has 8 heteroatoms. The summed E-state index contributed by atoms with van der Waals surface area (Å²) in [6.07, 6.45) is 1.50. The predicted molar refractivity (Wildman–Crippen MR) is 86.8 cm³/mol. The number of nitro benzene ring substituents is 1. The lowest BCUT2D eigenvalue weighted by atomic mass is 10.2. The predicted octanol–water partition coefficient (Wildman–Crippen LogP) is 3.47. The zero-order valence-corrected chi connectivity index (χ0v) is 12.6. The molecule has 0 aromatic heterocycles. The van der Waals surface area contributed by atoms with Crippen LogP contribution in [0.4, 0.5) is 11.4 Å². The third-order valence-corrected chi connectivity index (χ3v) is 3.40. The Labute approximate surface area is 136 Å². The third kappa shape index (κ3) is 3.35. The molecule has 0 aliphatic carbocycles. The van der Waals surface area contributed by atoms with E-state index in [1.807, 2.05) is 0 Å². The SMILES string of the molecule is O=[N+]([O-])c1ccccc1N/N=C\c1cc(Cl)c2c(c1)OCCO2. The maximum Gasteiger partial charge on any atom is 0.294 e. The lowest BCUT2D eigenvalue weighted by Gasteiger charge is -2.19. The fourth-order valence-corrected chi connectivity index (χ4v) is 2.38. The second-order valence-electron chi connectivity index (χ2n) is 4.67. The summed E-state index contributed by atoms with van der Waals surface area (Å²) in [6, 6.07) is 9.68. The minimum Gasteiger partial charge on any atom is -0.486 e. The molecule has 0 spiro atoms. The highest BCUT2D eigenvalue weighted by Gasteiger charge is 2.16. The van der Waals surface area contributed by atoms with Crippen molar-refractivity contribution in [3.63, 3.8) is 0 Å². The van der Waals surface area contributed by atoms with Gasteiger partial charge in [-0.25, -0.2) is 0 Å². The van der Waals surface area contributed by atoms with Crippen molar-refractivity contribution in [2.45, 2.75) is 0 Å². The van der Waals surface area contributed by atoms with E-state index < -0.39 is 4.92 Å². The lowest BCUT2D eigenvalue weighted by Crippen LogP contribution is -2.15. The van der Waals surface area contributed by atoms with Gasteiger partial charge in [-0.15, -0.1) is 0 Å². The normalized spacial score (nSPS) is 13.1. The van der Waals surface area contributed by atoms with Crippen LogP contribution in [0.2, 0.25) is 5.02 Å². The van der Waals surface area contributed by atoms with Crippen LogP contribution in [0.5, 0.6) is 11.5 Å². The molecular weight excluding hydrogens is 322 g/mol. The molecule has 1 heterocycles. The van der Waals surface area contributed by atoms with Crippen molar-refractivity contribution in [2.75, 3.05) is 18.6 Å². The zero-order valence-electron chi connectivity index (χ0n) is 11.9. The number of para-hydroxylation sites is 2. The quantitative estimate of drug-likeness (QED) is 0.526. The first-order valence-corrected chi connectivity index (χ1v) is 7.14. The average molecular weight is 334 g/mol. The fraction of sp³-hybridized carbons (Fsp3) is 0.133. The molecule has 1 N–H and O–H groups in total. The summed E-state index contributed by atoms with van der Waals surface area (Å²) in [6.45, 7) is 0.914. The van der Waals surface area contributed by atoms with Gasteiger partial charge in [0.05, 0.1) is 16.2 Å². The molecule has 3 rings (SSSR count). The van der Waals surface area contributed by atoms with Gasteiger partial charge in [0.25, 0.3) is 5.69 Å². The Morgan fingerprint density at radius 1 is 1.26 bits per heavy atom. The average Bonchev–Trinajstić information content (AvgIpc) is 2.55. The van der Waals surface area contributed by atoms with E-state index in [1.54, 1.807) is 30.3 Å². The van der Waals surface area contributed by atoms with Gasteiger partial charge in [-0.3, -0.25) is 15.5 Å². The summed E-state index contributed by atoms with van der Waals surface area (Å²) in [4.78, 5) is 10.5. The van der Waals surface area contributed by atoms with Gasteiger partial charge in [0.1, 0.15) is 18.9 Å². The smallest absolute Gasteiger partial charge is 0.294 e. The number of hydrazone groups is 1. The summed E-state index contributed by atoms with van der Waals surface area (Å²) < 4.78 is 10.9. The number of fused-ring (bicyclic) bond motifs is 1. The molecule has 1 aliphatic rings. The molecule has 1 aliphatic heterocycles. The molecule has 0 saturated heterocycles. The molecule has 0 atom stereocenters. The van der Waals surface area contributed by atoms with E-state index in [-0.39, 0.29) is 5.69 Å². The summed E-state index contributed by atoms with van der Waals surface area (Å²) >= 11 is 6.13. The van der Waals surface area contributed by atoms with Crippen LogP contribution in [-0.2, 0) is 0 Å². The maximum atomic E-state index is 10.9. The van der Waals surface area contributed by atoms with Crippen LogP contribution >= 0.6 is 11.6 Å². The van der Waals surface area contributed by atoms with E-state index >= 15 is 0 Å². The van der Waals surface area contributed by atoms with Gasteiger partial charge in [0.15, 0.2) is 11.5 Å². The number of rotatable bonds is 4. The topological polar surface area (TPSA) is 86.0 Å². The summed E-state index contributed by atoms with van der Waals surface area (Å²) in [5.41, 5.74) is 3.59. The summed E-state index contributed by atoms with van der Waals surface area (Å²) in [5, 5.41) is 15.4. The van der Waals surface area contributed by atoms with Gasteiger partial charge in [-0.05, 0) is 23.8 Å². The van der Waals surface area contributed by atoms with Crippen LogP contribution in [0.3, 0.4) is 0 Å². The molecule has 7 nitrogen and oxygen atoms in total. The van der Waals surface area contributed by atoms with E-state index in [0.29, 0.717) is 41.0 Å². The second kappa shape index (κ2) is 6.53. The molecule has 0 amide bonds. The Bertz CT molecular complexity index is 779. The van der Waals surface area contributed by atoms with Crippen molar-refractivity contribution in [1.29, 1.82) is 0 Å². The number of hydrogen-bond acceptors (Lipinski definition) is 6. The molecule has 0 fully saturated rings. The number of ether oxygens (including phenoxy) is 2. The highest BCUT2D eigenvalue weighted by Crippen LogP contribution is 2.37. The first-order valence-electron chi connectivity index (χ1n) is 6.77. The maximum absolute atomic E-state index is 10.9. The number of nitro groups is 1. The second-order valence-corrected chi connectivity index (χ2v) is 5.08. The third-order valence-electron chi connectivity index (χ3n) is 3.12. The molecule has 0 radical (unpaired) electrons. The van der Waals surface area contributed by atoms with Gasteiger partial charge in [0.2, 0.25) is 0 Å². The molecule has 0 saturated carbocycles. The Morgan fingerprint density at radius 2 is 2.04 bits per heavy atom. The molecular formula is C15H12ClN3O4. The van der Waals surface area contributed by atoms with Gasteiger partial charge >= 0.3 is 0 Å². The van der Waals surface area contributed by atoms with E-state index in [4.69, 9.17) is 21.1 Å². The molecule has 2 aromatic rings. The standard InChI is InChI=1S/C15H12ClN3O4/c16-11-7-10(8-14-15(11)23-6-5-22-14)9-17-18-12-3-1-2-4-13(12)19(20)21/h1-4,7-9,18H,5-6H2/b17-9-. The summed E-state index contributed by atoms with van der Waals surface area (Å²) in [5.74, 6) is 1.07. The van der Waals surface area contributed by atoms with Crippen molar-refractivity contribution >= 4 is 29.2 Å². The van der Waals surface area contributed by atoms with E-state index in [2.05, 4.69) is 10.5 Å². The highest BCUT2D eigenvalue weighted by atomic mass is 35.5. The van der Waals surface area contributed by atoms with Crippen LogP contribution in [0.15, 0.2) is 41.5 Å². The van der Waals surface area contributed by atoms with Gasteiger partial charge in [-0.1, -0.05) is 23.7 Å².